The summed E-state index contributed by atoms with van der Waals surface area (Å²) in [6, 6.07) is 0.781. The van der Waals surface area contributed by atoms with Gasteiger partial charge in [0.25, 0.3) is 0 Å². The Labute approximate surface area is 99.4 Å². The van der Waals surface area contributed by atoms with E-state index in [4.69, 9.17) is 0 Å². The first-order valence-corrected chi connectivity index (χ1v) is 6.82. The van der Waals surface area contributed by atoms with E-state index in [1.165, 1.54) is 50.9 Å². The second kappa shape index (κ2) is 5.62. The summed E-state index contributed by atoms with van der Waals surface area (Å²) in [5.41, 5.74) is 2.96. The molecule has 1 atom stereocenters. The highest BCUT2D eigenvalue weighted by Crippen LogP contribution is 2.28. The fraction of sp³-hybridized carbons (Fsp3) is 0.786. The molecule has 2 heteroatoms. The third-order valence-corrected chi connectivity index (χ3v) is 3.70. The Bertz CT molecular complexity index is 285. The van der Waals surface area contributed by atoms with Gasteiger partial charge in [-0.15, -0.1) is 0 Å². The molecule has 0 saturated heterocycles. The molecule has 0 aromatic rings. The molecule has 2 rings (SSSR count). The van der Waals surface area contributed by atoms with E-state index in [0.29, 0.717) is 0 Å². The molecular formula is C14H24N2. The summed E-state index contributed by atoms with van der Waals surface area (Å²) in [6.45, 7) is 8.04. The lowest BCUT2D eigenvalue weighted by molar-refractivity contribution is 0.184. The second-order valence-electron chi connectivity index (χ2n) is 4.95. The molecule has 2 aliphatic rings. The molecular weight excluding hydrogens is 196 g/mol. The number of hydrogen-bond donors (Lipinski definition) is 0. The first kappa shape index (κ1) is 11.8. The molecule has 0 amide bonds. The van der Waals surface area contributed by atoms with E-state index in [2.05, 4.69) is 29.8 Å². The van der Waals surface area contributed by atoms with Crippen LogP contribution in [0.25, 0.3) is 0 Å². The molecule has 0 spiro atoms. The van der Waals surface area contributed by atoms with Gasteiger partial charge in [-0.05, 0) is 50.8 Å². The second-order valence-corrected chi connectivity index (χ2v) is 4.95. The van der Waals surface area contributed by atoms with Crippen LogP contribution in [0, 0.1) is 0 Å². The van der Waals surface area contributed by atoms with Crippen molar-refractivity contribution < 1.29 is 0 Å². The Hall–Kier alpha value is -0.630. The van der Waals surface area contributed by atoms with Crippen molar-refractivity contribution in [3.05, 3.63) is 11.6 Å². The first-order valence-electron chi connectivity index (χ1n) is 6.82. The fourth-order valence-corrected chi connectivity index (χ4v) is 2.95. The van der Waals surface area contributed by atoms with Crippen molar-refractivity contribution in [2.45, 2.75) is 52.0 Å². The van der Waals surface area contributed by atoms with Crippen LogP contribution in [-0.2, 0) is 0 Å². The largest absolute Gasteiger partial charge is 0.300 e. The molecule has 0 N–H and O–H groups in total. The molecule has 1 fully saturated rings. The molecule has 90 valence electrons. The van der Waals surface area contributed by atoms with Crippen molar-refractivity contribution in [1.29, 1.82) is 0 Å². The molecule has 0 aromatic heterocycles. The van der Waals surface area contributed by atoms with Crippen molar-refractivity contribution >= 4 is 5.71 Å². The third-order valence-electron chi connectivity index (χ3n) is 3.70. The molecule has 1 aliphatic carbocycles. The van der Waals surface area contributed by atoms with Crippen LogP contribution in [0.5, 0.6) is 0 Å². The number of hydrogen-bond acceptors (Lipinski definition) is 2. The van der Waals surface area contributed by atoms with Crippen LogP contribution in [0.15, 0.2) is 16.6 Å². The highest BCUT2D eigenvalue weighted by molar-refractivity contribution is 6.02. The minimum atomic E-state index is 0.781. The van der Waals surface area contributed by atoms with Crippen molar-refractivity contribution in [1.82, 2.24) is 4.90 Å². The smallest absolute Gasteiger partial charge is 0.0580 e. The zero-order chi connectivity index (χ0) is 11.4. The van der Waals surface area contributed by atoms with Crippen molar-refractivity contribution in [2.75, 3.05) is 19.6 Å². The Balaban J connectivity index is 1.95. The van der Waals surface area contributed by atoms with E-state index in [9.17, 15) is 0 Å². The predicted octanol–water partition coefficient (Wildman–Crippen LogP) is 3.04. The molecule has 1 saturated carbocycles. The van der Waals surface area contributed by atoms with Gasteiger partial charge in [0, 0.05) is 11.8 Å². The predicted molar refractivity (Wildman–Crippen MR) is 70.2 cm³/mol. The Morgan fingerprint density at radius 3 is 2.75 bits per heavy atom. The van der Waals surface area contributed by atoms with E-state index in [1.54, 1.807) is 5.57 Å². The lowest BCUT2D eigenvalue weighted by atomic mass is 9.88. The zero-order valence-electron chi connectivity index (χ0n) is 10.7. The van der Waals surface area contributed by atoms with E-state index in [0.717, 1.165) is 12.6 Å². The molecule has 1 unspecified atom stereocenters. The quantitative estimate of drug-likeness (QED) is 0.695. The average molecular weight is 220 g/mol. The normalized spacial score (nSPS) is 24.3. The summed E-state index contributed by atoms with van der Waals surface area (Å²) in [4.78, 5) is 7.24. The monoisotopic (exact) mass is 220 g/mol. The lowest BCUT2D eigenvalue weighted by Gasteiger charge is -2.34. The minimum absolute atomic E-state index is 0.781. The highest BCUT2D eigenvalue weighted by atomic mass is 15.1. The van der Waals surface area contributed by atoms with Gasteiger partial charge in [-0.3, -0.25) is 4.99 Å². The van der Waals surface area contributed by atoms with Gasteiger partial charge in [-0.25, -0.2) is 0 Å². The van der Waals surface area contributed by atoms with E-state index < -0.39 is 0 Å². The highest BCUT2D eigenvalue weighted by Gasteiger charge is 2.27. The summed E-state index contributed by atoms with van der Waals surface area (Å²) in [7, 11) is 0. The van der Waals surface area contributed by atoms with Gasteiger partial charge >= 0.3 is 0 Å². The molecule has 0 bridgehead atoms. The lowest BCUT2D eigenvalue weighted by Crippen LogP contribution is -2.39. The maximum atomic E-state index is 4.55. The summed E-state index contributed by atoms with van der Waals surface area (Å²) in [5, 5.41) is 0. The molecule has 0 radical (unpaired) electrons. The van der Waals surface area contributed by atoms with Gasteiger partial charge in [0.1, 0.15) is 0 Å². The van der Waals surface area contributed by atoms with Crippen LogP contribution in [-0.4, -0.2) is 36.3 Å². The average Bonchev–Trinajstić information content (AvgIpc) is 2.75. The summed E-state index contributed by atoms with van der Waals surface area (Å²) in [6.07, 6.45) is 8.65. The van der Waals surface area contributed by atoms with Gasteiger partial charge in [-0.2, -0.15) is 0 Å². The van der Waals surface area contributed by atoms with Crippen molar-refractivity contribution in [3.63, 3.8) is 0 Å². The zero-order valence-corrected chi connectivity index (χ0v) is 10.7. The molecule has 0 aromatic carbocycles. The number of aliphatic imine (C=N–C) groups is 1. The molecule has 2 nitrogen and oxygen atoms in total. The topological polar surface area (TPSA) is 15.6 Å². The first-order chi connectivity index (χ1) is 7.85. The third kappa shape index (κ3) is 2.54. The van der Waals surface area contributed by atoms with E-state index >= 15 is 0 Å². The standard InChI is InChI=1S/C14H24N2/c1-3-9-16(10-4-2)13-5-6-14-12(11-13)7-8-15-14/h7,13H,3-6,8-11H2,1-2H3. The van der Waals surface area contributed by atoms with Gasteiger partial charge in [0.05, 0.1) is 6.54 Å². The van der Waals surface area contributed by atoms with Crippen LogP contribution in [0.3, 0.4) is 0 Å². The van der Waals surface area contributed by atoms with E-state index in [-0.39, 0.29) is 0 Å². The van der Waals surface area contributed by atoms with Crippen LogP contribution >= 0.6 is 0 Å². The molecule has 16 heavy (non-hydrogen) atoms. The van der Waals surface area contributed by atoms with Crippen molar-refractivity contribution in [3.8, 4) is 0 Å². The summed E-state index contributed by atoms with van der Waals surface area (Å²) < 4.78 is 0. The Kier molecular flexibility index (Phi) is 4.16. The van der Waals surface area contributed by atoms with Gasteiger partial charge in [-0.1, -0.05) is 19.9 Å². The Morgan fingerprint density at radius 1 is 1.31 bits per heavy atom. The van der Waals surface area contributed by atoms with Gasteiger partial charge in [0.15, 0.2) is 0 Å². The van der Waals surface area contributed by atoms with Gasteiger partial charge < -0.3 is 4.90 Å². The summed E-state index contributed by atoms with van der Waals surface area (Å²) >= 11 is 0. The van der Waals surface area contributed by atoms with Crippen molar-refractivity contribution in [2.24, 2.45) is 4.99 Å². The number of nitrogens with zero attached hydrogens (tertiary/aromatic N) is 2. The number of fused-ring (bicyclic) bond motifs is 1. The minimum Gasteiger partial charge on any atom is -0.300 e. The van der Waals surface area contributed by atoms with E-state index in [1.807, 2.05) is 0 Å². The Morgan fingerprint density at radius 2 is 2.06 bits per heavy atom. The molecule has 1 heterocycles. The maximum Gasteiger partial charge on any atom is 0.0580 e. The van der Waals surface area contributed by atoms with Gasteiger partial charge in [0.2, 0.25) is 0 Å². The SMILES string of the molecule is CCCN(CCC)C1CCC2=NCC=C2C1. The molecule has 1 aliphatic heterocycles. The van der Waals surface area contributed by atoms with Crippen LogP contribution in [0.4, 0.5) is 0 Å². The summed E-state index contributed by atoms with van der Waals surface area (Å²) in [5.74, 6) is 0. The fourth-order valence-electron chi connectivity index (χ4n) is 2.95. The van der Waals surface area contributed by atoms with Crippen LogP contribution < -0.4 is 0 Å². The van der Waals surface area contributed by atoms with Crippen LogP contribution in [0.1, 0.15) is 46.0 Å². The van der Waals surface area contributed by atoms with Crippen LogP contribution in [0.2, 0.25) is 0 Å². The maximum absolute atomic E-state index is 4.55. The number of rotatable bonds is 5.